The fourth-order valence-corrected chi connectivity index (χ4v) is 4.53. The molecule has 1 aromatic carbocycles. The molecular formula is C26H32ClFN4O4. The topological polar surface area (TPSA) is 84.0 Å². The van der Waals surface area contributed by atoms with Crippen LogP contribution in [0.2, 0.25) is 5.02 Å². The third kappa shape index (κ3) is 5.36. The van der Waals surface area contributed by atoms with Crippen molar-refractivity contribution in [1.29, 1.82) is 0 Å². The Labute approximate surface area is 215 Å². The zero-order valence-corrected chi connectivity index (χ0v) is 22.2. The summed E-state index contributed by atoms with van der Waals surface area (Å²) < 4.78 is 26.3. The van der Waals surface area contributed by atoms with Gasteiger partial charge in [0.05, 0.1) is 11.7 Å². The lowest BCUT2D eigenvalue weighted by molar-refractivity contribution is 0.000956. The van der Waals surface area contributed by atoms with Gasteiger partial charge in [0.2, 0.25) is 0 Å². The maximum absolute atomic E-state index is 14.7. The first-order chi connectivity index (χ1) is 16.7. The summed E-state index contributed by atoms with van der Waals surface area (Å²) in [7, 11) is 0. The molecule has 1 aromatic heterocycles. The van der Waals surface area contributed by atoms with Crippen molar-refractivity contribution in [1.82, 2.24) is 14.8 Å². The number of aromatic nitrogens is 1. The van der Waals surface area contributed by atoms with Gasteiger partial charge in [-0.2, -0.15) is 0 Å². The second-order valence-electron chi connectivity index (χ2n) is 11.1. The normalized spacial score (nSPS) is 18.1. The summed E-state index contributed by atoms with van der Waals surface area (Å²) in [5.41, 5.74) is -0.499. The van der Waals surface area contributed by atoms with Gasteiger partial charge >= 0.3 is 6.09 Å². The second-order valence-corrected chi connectivity index (χ2v) is 11.4. The van der Waals surface area contributed by atoms with E-state index in [2.05, 4.69) is 10.3 Å². The molecule has 1 saturated heterocycles. The molecule has 194 valence electrons. The molecule has 2 aromatic rings. The van der Waals surface area contributed by atoms with E-state index in [0.717, 1.165) is 0 Å². The third-order valence-corrected chi connectivity index (χ3v) is 6.10. The number of nitrogens with zero attached hydrogens (tertiary/aromatic N) is 3. The Kier molecular flexibility index (Phi) is 6.81. The van der Waals surface area contributed by atoms with E-state index in [1.807, 2.05) is 41.5 Å². The molecule has 2 aliphatic heterocycles. The van der Waals surface area contributed by atoms with Crippen LogP contribution >= 0.6 is 11.6 Å². The number of halogens is 2. The zero-order chi connectivity index (χ0) is 26.4. The predicted molar refractivity (Wildman–Crippen MR) is 136 cm³/mol. The van der Waals surface area contributed by atoms with Crippen molar-refractivity contribution in [3.05, 3.63) is 40.7 Å². The quantitative estimate of drug-likeness (QED) is 0.588. The van der Waals surface area contributed by atoms with Gasteiger partial charge in [0.25, 0.3) is 5.91 Å². The molecule has 3 heterocycles. The fraction of sp³-hybridized carbons (Fsp3) is 0.500. The summed E-state index contributed by atoms with van der Waals surface area (Å²) in [4.78, 5) is 34.4. The number of rotatable bonds is 2. The van der Waals surface area contributed by atoms with E-state index in [4.69, 9.17) is 21.1 Å². The van der Waals surface area contributed by atoms with Gasteiger partial charge in [-0.25, -0.2) is 14.2 Å². The minimum atomic E-state index is -0.629. The highest BCUT2D eigenvalue weighted by molar-refractivity contribution is 6.35. The van der Waals surface area contributed by atoms with Gasteiger partial charge < -0.3 is 24.6 Å². The number of ether oxygens (including phenoxy) is 2. The number of hydrogen-bond donors (Lipinski definition) is 1. The van der Waals surface area contributed by atoms with Crippen molar-refractivity contribution < 1.29 is 23.5 Å². The van der Waals surface area contributed by atoms with Crippen LogP contribution in [0, 0.1) is 5.82 Å². The van der Waals surface area contributed by atoms with Crippen LogP contribution in [-0.4, -0.2) is 70.2 Å². The molecule has 8 nitrogen and oxygen atoms in total. The Morgan fingerprint density at radius 3 is 2.53 bits per heavy atom. The van der Waals surface area contributed by atoms with E-state index in [1.54, 1.807) is 28.0 Å². The standard InChI is InChI=1S/C26H32ClFN4O4/c1-25(2,3)30-22-18-21(19(27)20(29-22)16-9-7-8-10-17(16)28)35-14-15-13-31(11-12-32(15)23(18)33)24(34)36-26(4,5)6/h7-10,15H,11-14H2,1-6H3,(H,29,30). The van der Waals surface area contributed by atoms with Crippen molar-refractivity contribution in [2.24, 2.45) is 0 Å². The summed E-state index contributed by atoms with van der Waals surface area (Å²) in [5, 5.41) is 3.33. The van der Waals surface area contributed by atoms with Crippen LogP contribution in [0.1, 0.15) is 51.9 Å². The lowest BCUT2D eigenvalue weighted by Gasteiger charge is -2.40. The predicted octanol–water partition coefficient (Wildman–Crippen LogP) is 5.21. The van der Waals surface area contributed by atoms with Crippen molar-refractivity contribution in [2.45, 2.75) is 58.7 Å². The van der Waals surface area contributed by atoms with Gasteiger partial charge in [-0.1, -0.05) is 23.7 Å². The maximum atomic E-state index is 14.7. The minimum Gasteiger partial charge on any atom is -0.489 e. The van der Waals surface area contributed by atoms with Crippen LogP contribution in [-0.2, 0) is 4.74 Å². The average molecular weight is 519 g/mol. The van der Waals surface area contributed by atoms with Crippen molar-refractivity contribution in [3.63, 3.8) is 0 Å². The fourth-order valence-electron chi connectivity index (χ4n) is 4.23. The minimum absolute atomic E-state index is 0.0618. The van der Waals surface area contributed by atoms with Crippen LogP contribution in [0.15, 0.2) is 24.3 Å². The summed E-state index contributed by atoms with van der Waals surface area (Å²) in [6.07, 6.45) is -0.437. The largest absolute Gasteiger partial charge is 0.489 e. The van der Waals surface area contributed by atoms with Crippen molar-refractivity contribution in [2.75, 3.05) is 31.6 Å². The Morgan fingerprint density at radius 2 is 1.89 bits per heavy atom. The molecule has 1 atom stereocenters. The number of anilines is 1. The molecule has 0 radical (unpaired) electrons. The van der Waals surface area contributed by atoms with Crippen LogP contribution in [0.3, 0.4) is 0 Å². The Morgan fingerprint density at radius 1 is 1.19 bits per heavy atom. The molecule has 2 aliphatic rings. The molecule has 0 saturated carbocycles. The molecule has 10 heteroatoms. The zero-order valence-electron chi connectivity index (χ0n) is 21.4. The number of amides is 2. The van der Waals surface area contributed by atoms with E-state index in [0.29, 0.717) is 13.1 Å². The lowest BCUT2D eigenvalue weighted by atomic mass is 10.0. The summed E-state index contributed by atoms with van der Waals surface area (Å²) in [5.74, 6) is -0.378. The van der Waals surface area contributed by atoms with Crippen LogP contribution in [0.5, 0.6) is 5.75 Å². The molecular weight excluding hydrogens is 487 g/mol. The van der Waals surface area contributed by atoms with Gasteiger partial charge in [0, 0.05) is 30.7 Å². The maximum Gasteiger partial charge on any atom is 0.410 e. The Hall–Kier alpha value is -3.07. The highest BCUT2D eigenvalue weighted by Crippen LogP contribution is 2.43. The monoisotopic (exact) mass is 518 g/mol. The summed E-state index contributed by atoms with van der Waals surface area (Å²) in [6.45, 7) is 12.2. The van der Waals surface area contributed by atoms with E-state index in [1.165, 1.54) is 6.07 Å². The number of hydrogen-bond acceptors (Lipinski definition) is 6. The first-order valence-electron chi connectivity index (χ1n) is 11.9. The number of carbonyl (C=O) groups excluding carboxylic acids is 2. The number of pyridine rings is 1. The van der Waals surface area contributed by atoms with Gasteiger partial charge in [0.15, 0.2) is 5.75 Å². The van der Waals surface area contributed by atoms with Crippen LogP contribution in [0.25, 0.3) is 11.3 Å². The third-order valence-electron chi connectivity index (χ3n) is 5.75. The average Bonchev–Trinajstić information content (AvgIpc) is 2.91. The Balaban J connectivity index is 1.75. The lowest BCUT2D eigenvalue weighted by Crippen LogP contribution is -2.58. The number of nitrogens with one attached hydrogen (secondary N) is 1. The molecule has 4 rings (SSSR count). The van der Waals surface area contributed by atoms with Crippen molar-refractivity contribution in [3.8, 4) is 17.0 Å². The van der Waals surface area contributed by atoms with Gasteiger partial charge in [-0.05, 0) is 53.7 Å². The smallest absolute Gasteiger partial charge is 0.410 e. The number of benzene rings is 1. The molecule has 0 spiro atoms. The summed E-state index contributed by atoms with van der Waals surface area (Å²) >= 11 is 6.73. The summed E-state index contributed by atoms with van der Waals surface area (Å²) in [6, 6.07) is 5.77. The van der Waals surface area contributed by atoms with Gasteiger partial charge in [-0.15, -0.1) is 0 Å². The highest BCUT2D eigenvalue weighted by Gasteiger charge is 2.41. The van der Waals surface area contributed by atoms with E-state index in [-0.39, 0.29) is 52.5 Å². The SMILES string of the molecule is CC(C)(C)Nc1nc(-c2ccccc2F)c(Cl)c2c1C(=O)N1CCN(C(=O)OC(C)(C)C)CC1CO2. The first kappa shape index (κ1) is 26.0. The molecule has 1 unspecified atom stereocenters. The molecule has 1 N–H and O–H groups in total. The molecule has 36 heavy (non-hydrogen) atoms. The highest BCUT2D eigenvalue weighted by atomic mass is 35.5. The molecule has 1 fully saturated rings. The van der Waals surface area contributed by atoms with E-state index >= 15 is 0 Å². The van der Waals surface area contributed by atoms with Crippen LogP contribution < -0.4 is 10.1 Å². The first-order valence-corrected chi connectivity index (χ1v) is 12.3. The van der Waals surface area contributed by atoms with Gasteiger partial charge in [0.1, 0.15) is 34.4 Å². The van der Waals surface area contributed by atoms with Crippen molar-refractivity contribution >= 4 is 29.4 Å². The van der Waals surface area contributed by atoms with Gasteiger partial charge in [-0.3, -0.25) is 4.79 Å². The Bertz CT molecular complexity index is 1190. The number of carbonyl (C=O) groups is 2. The molecule has 0 aliphatic carbocycles. The molecule has 2 amide bonds. The molecule has 0 bridgehead atoms. The number of piperazine rings is 1. The second kappa shape index (κ2) is 9.42. The van der Waals surface area contributed by atoms with E-state index < -0.39 is 29.1 Å². The van der Waals surface area contributed by atoms with Crippen LogP contribution in [0.4, 0.5) is 15.0 Å². The number of fused-ring (bicyclic) bond motifs is 2. The van der Waals surface area contributed by atoms with E-state index in [9.17, 15) is 14.0 Å².